The van der Waals surface area contributed by atoms with E-state index in [9.17, 15) is 9.59 Å². The van der Waals surface area contributed by atoms with E-state index in [1.54, 1.807) is 41.7 Å². The van der Waals surface area contributed by atoms with E-state index < -0.39 is 0 Å². The highest BCUT2D eigenvalue weighted by atomic mass is 32.1. The molecular weight excluding hydrogens is 526 g/mol. The number of ether oxygens (including phenoxy) is 1. The maximum atomic E-state index is 13.3. The van der Waals surface area contributed by atoms with Crippen LogP contribution in [-0.4, -0.2) is 11.6 Å². The summed E-state index contributed by atoms with van der Waals surface area (Å²) in [6.45, 7) is 6.15. The minimum Gasteiger partial charge on any atom is -0.461 e. The van der Waals surface area contributed by atoms with Gasteiger partial charge in [-0.3, -0.25) is 9.59 Å². The number of rotatable bonds is 5. The lowest BCUT2D eigenvalue weighted by atomic mass is 9.89. The van der Waals surface area contributed by atoms with Gasteiger partial charge in [0.25, 0.3) is 0 Å². The van der Waals surface area contributed by atoms with E-state index in [1.165, 1.54) is 0 Å². The quantitative estimate of drug-likeness (QED) is 0.182. The van der Waals surface area contributed by atoms with Crippen LogP contribution < -0.4 is 4.90 Å². The number of para-hydroxylation sites is 2. The van der Waals surface area contributed by atoms with Gasteiger partial charge in [-0.25, -0.2) is 0 Å². The number of ketones is 2. The molecule has 6 rings (SSSR count). The van der Waals surface area contributed by atoms with Gasteiger partial charge in [-0.2, -0.15) is 0 Å². The minimum absolute atomic E-state index is 0.196. The van der Waals surface area contributed by atoms with Crippen LogP contribution in [0.25, 0.3) is 6.08 Å². The van der Waals surface area contributed by atoms with Crippen LogP contribution in [0.2, 0.25) is 0 Å². The summed E-state index contributed by atoms with van der Waals surface area (Å²) in [5.74, 6) is 0.798. The van der Waals surface area contributed by atoms with Crippen LogP contribution in [0.15, 0.2) is 138 Å². The molecule has 0 bridgehead atoms. The number of anilines is 3. The number of benzene rings is 3. The smallest absolute Gasteiger partial charge is 0.198 e. The van der Waals surface area contributed by atoms with E-state index in [-0.39, 0.29) is 22.6 Å². The number of carbonyl (C=O) groups excluding carboxylic acids is 2. The van der Waals surface area contributed by atoms with Crippen molar-refractivity contribution in [2.75, 3.05) is 4.90 Å². The van der Waals surface area contributed by atoms with Crippen molar-refractivity contribution in [2.24, 2.45) is 5.41 Å². The molecule has 0 fully saturated rings. The zero-order chi connectivity index (χ0) is 28.6. The van der Waals surface area contributed by atoms with Crippen molar-refractivity contribution in [3.05, 3.63) is 154 Å². The Bertz CT molecular complexity index is 1690. The first kappa shape index (κ1) is 26.5. The Morgan fingerprint density at radius 3 is 1.80 bits per heavy atom. The average Bonchev–Trinajstić information content (AvgIpc) is 3.55. The molecule has 41 heavy (non-hydrogen) atoms. The van der Waals surface area contributed by atoms with Crippen LogP contribution in [0.4, 0.5) is 16.4 Å². The molecule has 0 atom stereocenters. The molecule has 0 unspecified atom stereocenters. The zero-order valence-electron chi connectivity index (χ0n) is 23.1. The maximum absolute atomic E-state index is 13.3. The highest BCUT2D eigenvalue weighted by Gasteiger charge is 2.36. The van der Waals surface area contributed by atoms with Crippen molar-refractivity contribution < 1.29 is 14.3 Å². The van der Waals surface area contributed by atoms with Crippen LogP contribution in [0.1, 0.15) is 46.4 Å². The summed E-state index contributed by atoms with van der Waals surface area (Å²) in [4.78, 5) is 29.8. The van der Waals surface area contributed by atoms with Crippen molar-refractivity contribution in [3.63, 3.8) is 0 Å². The van der Waals surface area contributed by atoms with Gasteiger partial charge in [0.15, 0.2) is 11.6 Å². The average molecular weight is 556 g/mol. The van der Waals surface area contributed by atoms with E-state index in [0.29, 0.717) is 28.2 Å². The molecule has 202 valence electrons. The molecule has 1 aromatic heterocycles. The summed E-state index contributed by atoms with van der Waals surface area (Å²) >= 11 is 1.67. The summed E-state index contributed by atoms with van der Waals surface area (Å²) in [5, 5.41) is 1.08. The van der Waals surface area contributed by atoms with E-state index >= 15 is 0 Å². The Morgan fingerprint density at radius 1 is 0.683 bits per heavy atom. The fourth-order valence-corrected chi connectivity index (χ4v) is 5.86. The molecule has 1 aliphatic heterocycles. The first-order valence-electron chi connectivity index (χ1n) is 13.5. The second-order valence-electron chi connectivity index (χ2n) is 11.0. The maximum Gasteiger partial charge on any atom is 0.198 e. The van der Waals surface area contributed by atoms with Gasteiger partial charge in [-0.05, 0) is 66.3 Å². The summed E-state index contributed by atoms with van der Waals surface area (Å²) in [7, 11) is 0. The number of hydrogen-bond donors (Lipinski definition) is 0. The molecule has 0 N–H and O–H groups in total. The summed E-state index contributed by atoms with van der Waals surface area (Å²) in [6.07, 6.45) is 7.53. The summed E-state index contributed by atoms with van der Waals surface area (Å²) in [6, 6.07) is 31.8. The Hall–Kier alpha value is -4.74. The van der Waals surface area contributed by atoms with Crippen LogP contribution in [0.3, 0.4) is 0 Å². The number of fused-ring (bicyclic) bond motifs is 1. The van der Waals surface area contributed by atoms with Crippen LogP contribution in [0, 0.1) is 5.41 Å². The third kappa shape index (κ3) is 5.24. The molecule has 4 aromatic rings. The second-order valence-corrected chi connectivity index (χ2v) is 12.1. The van der Waals surface area contributed by atoms with Gasteiger partial charge in [0.05, 0.1) is 5.57 Å². The molecule has 0 amide bonds. The number of hydrogen-bond acceptors (Lipinski definition) is 5. The molecule has 4 nitrogen and oxygen atoms in total. The molecule has 0 saturated carbocycles. The molecule has 2 aliphatic rings. The van der Waals surface area contributed by atoms with Crippen molar-refractivity contribution >= 4 is 45.4 Å². The fourth-order valence-electron chi connectivity index (χ4n) is 4.91. The molecule has 2 heterocycles. The predicted octanol–water partition coefficient (Wildman–Crippen LogP) is 9.45. The number of allylic oxidation sites excluding steroid dienone is 6. The van der Waals surface area contributed by atoms with Crippen LogP contribution in [-0.2, 0) is 4.74 Å². The van der Waals surface area contributed by atoms with E-state index in [4.69, 9.17) is 4.74 Å². The predicted molar refractivity (Wildman–Crippen MR) is 167 cm³/mol. The molecule has 0 spiro atoms. The van der Waals surface area contributed by atoms with Gasteiger partial charge < -0.3 is 9.64 Å². The van der Waals surface area contributed by atoms with Gasteiger partial charge in [0, 0.05) is 32.8 Å². The normalized spacial score (nSPS) is 15.1. The molecule has 5 heteroatoms. The van der Waals surface area contributed by atoms with E-state index in [2.05, 4.69) is 41.3 Å². The van der Waals surface area contributed by atoms with Gasteiger partial charge in [-0.1, -0.05) is 81.4 Å². The monoisotopic (exact) mass is 555 g/mol. The standard InChI is InChI=1S/C36H29NO3S/c1-36(2,3)31-23-24(33-34(38)29-16-10-11-17-30(29)35(33)39)22-27(40-31)18-19-28-20-21-32(41-28)37(25-12-6-4-7-13-25)26-14-8-5-9-15-26/h4-23H,1-3H3. The number of carbonyl (C=O) groups is 2. The topological polar surface area (TPSA) is 46.6 Å². The molecule has 0 saturated heterocycles. The van der Waals surface area contributed by atoms with Crippen molar-refractivity contribution in [3.8, 4) is 0 Å². The number of thiophene rings is 1. The van der Waals surface area contributed by atoms with E-state index in [1.807, 2.05) is 75.4 Å². The number of Topliss-reactive ketones (excluding diaryl/α,β-unsaturated/α-hetero) is 2. The van der Waals surface area contributed by atoms with Crippen molar-refractivity contribution in [1.29, 1.82) is 0 Å². The van der Waals surface area contributed by atoms with Gasteiger partial charge in [0.1, 0.15) is 16.5 Å². The number of nitrogens with zero attached hydrogens (tertiary/aromatic N) is 1. The van der Waals surface area contributed by atoms with Gasteiger partial charge in [0.2, 0.25) is 0 Å². The lowest BCUT2D eigenvalue weighted by Gasteiger charge is -2.27. The largest absolute Gasteiger partial charge is 0.461 e. The van der Waals surface area contributed by atoms with E-state index in [0.717, 1.165) is 21.3 Å². The Balaban J connectivity index is 1.35. The minimum atomic E-state index is -0.321. The lowest BCUT2D eigenvalue weighted by Crippen LogP contribution is -2.16. The summed E-state index contributed by atoms with van der Waals surface area (Å²) < 4.78 is 6.28. The van der Waals surface area contributed by atoms with Crippen LogP contribution >= 0.6 is 11.3 Å². The fraction of sp³-hybridized carbons (Fsp3) is 0.111. The van der Waals surface area contributed by atoms with Crippen molar-refractivity contribution in [2.45, 2.75) is 20.8 Å². The third-order valence-electron chi connectivity index (χ3n) is 6.98. The zero-order valence-corrected chi connectivity index (χ0v) is 23.9. The highest BCUT2D eigenvalue weighted by molar-refractivity contribution is 7.17. The molecule has 0 radical (unpaired) electrons. The van der Waals surface area contributed by atoms with Crippen molar-refractivity contribution in [1.82, 2.24) is 0 Å². The first-order valence-corrected chi connectivity index (χ1v) is 14.3. The first-order chi connectivity index (χ1) is 19.8. The summed E-state index contributed by atoms with van der Waals surface area (Å²) in [5.41, 5.74) is 3.53. The second kappa shape index (κ2) is 10.7. The Kier molecular flexibility index (Phi) is 6.90. The van der Waals surface area contributed by atoms with Crippen LogP contribution in [0.5, 0.6) is 0 Å². The Labute approximate surface area is 244 Å². The molecule has 3 aromatic carbocycles. The Morgan fingerprint density at radius 2 is 1.24 bits per heavy atom. The third-order valence-corrected chi connectivity index (χ3v) is 8.02. The van der Waals surface area contributed by atoms with Gasteiger partial charge >= 0.3 is 0 Å². The van der Waals surface area contributed by atoms with Gasteiger partial charge in [-0.15, -0.1) is 11.3 Å². The molecular formula is C36H29NO3S. The SMILES string of the molecule is CC(C)(C)C1=CC(=C2C(=O)c3ccccc3C2=O)C=C(C=Cc2ccc(N(c3ccccc3)c3ccccc3)s2)O1. The molecule has 1 aliphatic carbocycles. The lowest BCUT2D eigenvalue weighted by molar-refractivity contribution is 0.0987. The highest BCUT2D eigenvalue weighted by Crippen LogP contribution is 2.40.